The molecule has 0 saturated carbocycles. The Morgan fingerprint density at radius 1 is 1.14 bits per heavy atom. The Balaban J connectivity index is 1.80. The molecule has 0 aliphatic heterocycles. The van der Waals surface area contributed by atoms with Gasteiger partial charge < -0.3 is 9.64 Å². The van der Waals surface area contributed by atoms with Crippen molar-refractivity contribution >= 4 is 32.6 Å². The number of para-hydroxylation sites is 1. The number of rotatable bonds is 8. The molecule has 0 unspecified atom stereocenters. The van der Waals surface area contributed by atoms with Crippen LogP contribution < -0.4 is 14.5 Å². The molecule has 1 aromatic heterocycles. The van der Waals surface area contributed by atoms with Crippen LogP contribution in [0.25, 0.3) is 10.2 Å². The molecule has 1 heterocycles. The van der Waals surface area contributed by atoms with Crippen LogP contribution >= 0.6 is 11.3 Å². The van der Waals surface area contributed by atoms with Gasteiger partial charge >= 0.3 is 0 Å². The predicted molar refractivity (Wildman–Crippen MR) is 116 cm³/mol. The van der Waals surface area contributed by atoms with E-state index in [1.807, 2.05) is 30.3 Å². The highest BCUT2D eigenvalue weighted by Crippen LogP contribution is 2.31. The van der Waals surface area contributed by atoms with Crippen molar-refractivity contribution in [1.29, 1.82) is 0 Å². The number of aromatic nitrogens is 1. The Hall–Kier alpha value is -2.44. The smallest absolute Gasteiger partial charge is 0.266 e. The predicted octanol–water partition coefficient (Wildman–Crippen LogP) is 2.86. The first-order valence-electron chi connectivity index (χ1n) is 9.59. The van der Waals surface area contributed by atoms with Gasteiger partial charge in [0.1, 0.15) is 5.75 Å². The molecular weight excluding hydrogens is 370 g/mol. The molecule has 28 heavy (non-hydrogen) atoms. The highest BCUT2D eigenvalue weighted by Gasteiger charge is 2.21. The zero-order valence-electron chi connectivity index (χ0n) is 17.0. The molecule has 0 fully saturated rings. The van der Waals surface area contributed by atoms with Crippen molar-refractivity contribution in [1.82, 2.24) is 4.98 Å². The molecular formula is C22H28N3O2S+. The van der Waals surface area contributed by atoms with Crippen LogP contribution in [0.4, 0.5) is 5.13 Å². The second-order valence-electron chi connectivity index (χ2n) is 7.36. The number of carbonyl (C=O) groups is 1. The Morgan fingerprint density at radius 3 is 2.57 bits per heavy atom. The monoisotopic (exact) mass is 398 g/mol. The fourth-order valence-electron chi connectivity index (χ4n) is 2.94. The SMILES string of the molecule is Cc1cc2nc(N(CCC[NH+](C)C)C(=O)COc3ccccc3)sc2cc1C. The number of quaternary nitrogens is 1. The van der Waals surface area contributed by atoms with Crippen molar-refractivity contribution in [3.05, 3.63) is 53.6 Å². The number of thiazole rings is 1. The molecule has 1 amide bonds. The van der Waals surface area contributed by atoms with Crippen LogP contribution in [0, 0.1) is 13.8 Å². The number of carbonyl (C=O) groups excluding carboxylic acids is 1. The van der Waals surface area contributed by atoms with Crippen LogP contribution in [0.5, 0.6) is 5.75 Å². The van der Waals surface area contributed by atoms with E-state index in [0.29, 0.717) is 12.3 Å². The van der Waals surface area contributed by atoms with E-state index in [9.17, 15) is 4.79 Å². The van der Waals surface area contributed by atoms with Crippen molar-refractivity contribution in [3.63, 3.8) is 0 Å². The number of hydrogen-bond acceptors (Lipinski definition) is 4. The Kier molecular flexibility index (Phi) is 6.65. The number of anilines is 1. The van der Waals surface area contributed by atoms with Gasteiger partial charge in [0.05, 0.1) is 30.9 Å². The number of nitrogens with zero attached hydrogens (tertiary/aromatic N) is 2. The summed E-state index contributed by atoms with van der Waals surface area (Å²) in [5, 5.41) is 0.746. The van der Waals surface area contributed by atoms with Gasteiger partial charge in [-0.2, -0.15) is 0 Å². The maximum atomic E-state index is 13.0. The first kappa shape index (κ1) is 20.3. The zero-order chi connectivity index (χ0) is 20.1. The lowest BCUT2D eigenvalue weighted by Gasteiger charge is -2.20. The molecule has 0 atom stereocenters. The Morgan fingerprint density at radius 2 is 1.86 bits per heavy atom. The first-order chi connectivity index (χ1) is 13.4. The van der Waals surface area contributed by atoms with Gasteiger partial charge in [-0.25, -0.2) is 4.98 Å². The fourth-order valence-corrected chi connectivity index (χ4v) is 4.03. The van der Waals surface area contributed by atoms with E-state index < -0.39 is 0 Å². The average Bonchev–Trinajstić information content (AvgIpc) is 3.06. The summed E-state index contributed by atoms with van der Waals surface area (Å²) in [6.45, 7) is 5.83. The molecule has 0 radical (unpaired) electrons. The molecule has 0 aliphatic rings. The quantitative estimate of drug-likeness (QED) is 0.635. The molecule has 3 aromatic rings. The standard InChI is InChI=1S/C22H27N3O2S/c1-16-13-19-20(14-17(16)2)28-22(23-19)25(12-8-11-24(3)4)21(26)15-27-18-9-6-5-7-10-18/h5-7,9-10,13-14H,8,11-12,15H2,1-4H3/p+1. The van der Waals surface area contributed by atoms with Crippen LogP contribution in [-0.4, -0.2) is 44.7 Å². The number of hydrogen-bond donors (Lipinski definition) is 1. The maximum absolute atomic E-state index is 13.0. The highest BCUT2D eigenvalue weighted by atomic mass is 32.1. The Labute approximate surface area is 170 Å². The molecule has 148 valence electrons. The Bertz CT molecular complexity index is 899. The van der Waals surface area contributed by atoms with E-state index in [1.54, 1.807) is 16.2 Å². The molecule has 5 nitrogen and oxygen atoms in total. The molecule has 0 aliphatic carbocycles. The normalized spacial score (nSPS) is 11.2. The van der Waals surface area contributed by atoms with Crippen molar-refractivity contribution in [2.24, 2.45) is 0 Å². The number of fused-ring (bicyclic) bond motifs is 1. The van der Waals surface area contributed by atoms with Gasteiger partial charge in [0, 0.05) is 13.0 Å². The summed E-state index contributed by atoms with van der Waals surface area (Å²) >= 11 is 1.57. The van der Waals surface area contributed by atoms with Crippen LogP contribution in [0.2, 0.25) is 0 Å². The van der Waals surface area contributed by atoms with E-state index in [2.05, 4.69) is 40.1 Å². The van der Waals surface area contributed by atoms with Crippen LogP contribution in [0.3, 0.4) is 0 Å². The summed E-state index contributed by atoms with van der Waals surface area (Å²) in [5.74, 6) is 0.634. The molecule has 0 bridgehead atoms. The summed E-state index contributed by atoms with van der Waals surface area (Å²) < 4.78 is 6.80. The maximum Gasteiger partial charge on any atom is 0.266 e. The number of aryl methyl sites for hydroxylation is 2. The molecule has 0 spiro atoms. The molecule has 3 rings (SSSR count). The summed E-state index contributed by atoms with van der Waals surface area (Å²) in [5.41, 5.74) is 3.40. The van der Waals surface area contributed by atoms with Crippen molar-refractivity contribution in [2.75, 3.05) is 38.7 Å². The fraction of sp³-hybridized carbons (Fsp3) is 0.364. The summed E-state index contributed by atoms with van der Waals surface area (Å²) in [6, 6.07) is 13.7. The lowest BCUT2D eigenvalue weighted by atomic mass is 10.1. The third-order valence-corrected chi connectivity index (χ3v) is 5.73. The van der Waals surface area contributed by atoms with Gasteiger partial charge in [-0.1, -0.05) is 29.5 Å². The molecule has 1 N–H and O–H groups in total. The van der Waals surface area contributed by atoms with E-state index in [-0.39, 0.29) is 12.5 Å². The number of ether oxygens (including phenoxy) is 1. The second kappa shape index (κ2) is 9.17. The van der Waals surface area contributed by atoms with Gasteiger partial charge in [0.25, 0.3) is 5.91 Å². The van der Waals surface area contributed by atoms with E-state index in [4.69, 9.17) is 9.72 Å². The highest BCUT2D eigenvalue weighted by molar-refractivity contribution is 7.22. The molecule has 0 saturated heterocycles. The largest absolute Gasteiger partial charge is 0.484 e. The lowest BCUT2D eigenvalue weighted by Crippen LogP contribution is -3.05. The van der Waals surface area contributed by atoms with Crippen LogP contribution in [0.1, 0.15) is 17.5 Å². The number of benzene rings is 2. The minimum atomic E-state index is -0.0647. The lowest BCUT2D eigenvalue weighted by molar-refractivity contribution is -0.858. The second-order valence-corrected chi connectivity index (χ2v) is 8.37. The third-order valence-electron chi connectivity index (χ3n) is 4.69. The average molecular weight is 399 g/mol. The molecule has 2 aromatic carbocycles. The summed E-state index contributed by atoms with van der Waals surface area (Å²) in [7, 11) is 4.24. The summed E-state index contributed by atoms with van der Waals surface area (Å²) in [4.78, 5) is 20.9. The van der Waals surface area contributed by atoms with E-state index >= 15 is 0 Å². The number of amides is 1. The van der Waals surface area contributed by atoms with Crippen molar-refractivity contribution in [2.45, 2.75) is 20.3 Å². The van der Waals surface area contributed by atoms with Crippen molar-refractivity contribution in [3.8, 4) is 5.75 Å². The minimum absolute atomic E-state index is 0.00676. The van der Waals surface area contributed by atoms with E-state index in [0.717, 1.165) is 28.3 Å². The molecule has 6 heteroatoms. The van der Waals surface area contributed by atoms with Gasteiger partial charge in [0.2, 0.25) is 0 Å². The van der Waals surface area contributed by atoms with Gasteiger partial charge in [0.15, 0.2) is 11.7 Å². The van der Waals surface area contributed by atoms with Crippen molar-refractivity contribution < 1.29 is 14.4 Å². The van der Waals surface area contributed by atoms with Gasteiger partial charge in [-0.15, -0.1) is 0 Å². The zero-order valence-corrected chi connectivity index (χ0v) is 17.8. The summed E-state index contributed by atoms with van der Waals surface area (Å²) in [6.07, 6.45) is 0.910. The first-order valence-corrected chi connectivity index (χ1v) is 10.4. The van der Waals surface area contributed by atoms with Crippen LogP contribution in [-0.2, 0) is 4.79 Å². The van der Waals surface area contributed by atoms with Gasteiger partial charge in [-0.3, -0.25) is 9.69 Å². The van der Waals surface area contributed by atoms with Crippen LogP contribution in [0.15, 0.2) is 42.5 Å². The third kappa shape index (κ3) is 5.09. The van der Waals surface area contributed by atoms with E-state index in [1.165, 1.54) is 16.0 Å². The minimum Gasteiger partial charge on any atom is -0.484 e. The van der Waals surface area contributed by atoms with Gasteiger partial charge in [-0.05, 0) is 49.2 Å². The number of nitrogens with one attached hydrogen (secondary N) is 1. The topological polar surface area (TPSA) is 46.9 Å².